The number of nitrogens with one attached hydrogen (secondary N) is 1. The Morgan fingerprint density at radius 1 is 1.65 bits per heavy atom. The fourth-order valence-corrected chi connectivity index (χ4v) is 2.46. The minimum atomic E-state index is -0.331. The Balaban J connectivity index is 1.86. The van der Waals surface area contributed by atoms with Crippen molar-refractivity contribution in [3.05, 3.63) is 23.7 Å². The standard InChI is InChI=1S/C14H23N3O3/c1-2-6-19-12-4-3-5-17(8-12)9-13-7-11(10-20-13)14(18)16-15/h7,10,12H,2-6,8-9,15H2,1H3,(H,16,18). The molecule has 1 unspecified atom stereocenters. The van der Waals surface area contributed by atoms with Gasteiger partial charge in [0.25, 0.3) is 5.91 Å². The van der Waals surface area contributed by atoms with E-state index in [0.717, 1.165) is 44.7 Å². The Kier molecular flexibility index (Phi) is 5.58. The summed E-state index contributed by atoms with van der Waals surface area (Å²) in [6, 6.07) is 1.73. The Morgan fingerprint density at radius 2 is 2.50 bits per heavy atom. The number of rotatable bonds is 6. The SMILES string of the molecule is CCCOC1CCCN(Cc2cc(C(=O)NN)co2)C1. The molecule has 20 heavy (non-hydrogen) atoms. The lowest BCUT2D eigenvalue weighted by atomic mass is 10.1. The summed E-state index contributed by atoms with van der Waals surface area (Å²) in [5, 5.41) is 0. The van der Waals surface area contributed by atoms with Crippen molar-refractivity contribution in [1.82, 2.24) is 10.3 Å². The first-order valence-electron chi connectivity index (χ1n) is 7.15. The number of ether oxygens (including phenoxy) is 1. The van der Waals surface area contributed by atoms with Crippen LogP contribution in [-0.2, 0) is 11.3 Å². The molecule has 1 fully saturated rings. The fraction of sp³-hybridized carbons (Fsp3) is 0.643. The second kappa shape index (κ2) is 7.42. The number of carbonyl (C=O) groups excluding carboxylic acids is 1. The highest BCUT2D eigenvalue weighted by Gasteiger charge is 2.21. The highest BCUT2D eigenvalue weighted by atomic mass is 16.5. The van der Waals surface area contributed by atoms with Crippen LogP contribution in [0.4, 0.5) is 0 Å². The lowest BCUT2D eigenvalue weighted by molar-refractivity contribution is -0.00373. The molecule has 1 aromatic heterocycles. The summed E-state index contributed by atoms with van der Waals surface area (Å²) in [4.78, 5) is 13.7. The average molecular weight is 281 g/mol. The summed E-state index contributed by atoms with van der Waals surface area (Å²) in [5.41, 5.74) is 2.55. The number of likely N-dealkylation sites (tertiary alicyclic amines) is 1. The Hall–Kier alpha value is -1.37. The van der Waals surface area contributed by atoms with Gasteiger partial charge in [0.2, 0.25) is 0 Å². The fourth-order valence-electron chi connectivity index (χ4n) is 2.46. The molecule has 6 nitrogen and oxygen atoms in total. The molecule has 0 saturated carbocycles. The molecule has 2 heterocycles. The summed E-state index contributed by atoms with van der Waals surface area (Å²) in [7, 11) is 0. The molecule has 112 valence electrons. The van der Waals surface area contributed by atoms with Crippen molar-refractivity contribution in [2.24, 2.45) is 5.84 Å². The van der Waals surface area contributed by atoms with Gasteiger partial charge in [0.05, 0.1) is 18.2 Å². The summed E-state index contributed by atoms with van der Waals surface area (Å²) in [5.74, 6) is 5.54. The van der Waals surface area contributed by atoms with Crippen LogP contribution in [0.2, 0.25) is 0 Å². The van der Waals surface area contributed by atoms with Gasteiger partial charge in [0.15, 0.2) is 0 Å². The third-order valence-corrected chi connectivity index (χ3v) is 3.45. The predicted octanol–water partition coefficient (Wildman–Crippen LogP) is 1.27. The third-order valence-electron chi connectivity index (χ3n) is 3.45. The van der Waals surface area contributed by atoms with Gasteiger partial charge in [-0.2, -0.15) is 0 Å². The van der Waals surface area contributed by atoms with Crippen LogP contribution in [0.15, 0.2) is 16.7 Å². The third kappa shape index (κ3) is 4.06. The van der Waals surface area contributed by atoms with Gasteiger partial charge in [0.1, 0.15) is 12.0 Å². The van der Waals surface area contributed by atoms with E-state index >= 15 is 0 Å². The Morgan fingerprint density at radius 3 is 3.25 bits per heavy atom. The van der Waals surface area contributed by atoms with Gasteiger partial charge in [-0.3, -0.25) is 15.1 Å². The minimum absolute atomic E-state index is 0.311. The lowest BCUT2D eigenvalue weighted by Gasteiger charge is -2.31. The zero-order chi connectivity index (χ0) is 14.4. The Labute approximate surface area is 119 Å². The summed E-state index contributed by atoms with van der Waals surface area (Å²) in [6.07, 6.45) is 5.05. The second-order valence-corrected chi connectivity index (χ2v) is 5.15. The van der Waals surface area contributed by atoms with Crippen LogP contribution < -0.4 is 11.3 Å². The van der Waals surface area contributed by atoms with E-state index in [2.05, 4.69) is 17.2 Å². The number of hydrogen-bond donors (Lipinski definition) is 2. The first-order valence-corrected chi connectivity index (χ1v) is 7.15. The van der Waals surface area contributed by atoms with Crippen LogP contribution >= 0.6 is 0 Å². The predicted molar refractivity (Wildman–Crippen MR) is 74.9 cm³/mol. The quantitative estimate of drug-likeness (QED) is 0.466. The highest BCUT2D eigenvalue weighted by molar-refractivity contribution is 5.93. The van der Waals surface area contributed by atoms with Crippen molar-refractivity contribution in [1.29, 1.82) is 0 Å². The zero-order valence-electron chi connectivity index (χ0n) is 11.9. The number of amides is 1. The van der Waals surface area contributed by atoms with E-state index in [1.165, 1.54) is 6.26 Å². The van der Waals surface area contributed by atoms with Crippen LogP contribution in [0, 0.1) is 0 Å². The van der Waals surface area contributed by atoms with Crippen molar-refractivity contribution >= 4 is 5.91 Å². The maximum atomic E-state index is 11.4. The number of nitrogens with zero attached hydrogens (tertiary/aromatic N) is 1. The van der Waals surface area contributed by atoms with Crippen molar-refractivity contribution in [2.45, 2.75) is 38.8 Å². The van der Waals surface area contributed by atoms with Crippen molar-refractivity contribution in [2.75, 3.05) is 19.7 Å². The molecule has 0 spiro atoms. The molecule has 1 saturated heterocycles. The van der Waals surface area contributed by atoms with Gasteiger partial charge in [0, 0.05) is 13.2 Å². The molecular weight excluding hydrogens is 258 g/mol. The second-order valence-electron chi connectivity index (χ2n) is 5.15. The molecule has 0 aromatic carbocycles. The Bertz CT molecular complexity index is 433. The van der Waals surface area contributed by atoms with E-state index in [-0.39, 0.29) is 5.91 Å². The number of piperidine rings is 1. The molecule has 0 radical (unpaired) electrons. The van der Waals surface area contributed by atoms with E-state index < -0.39 is 0 Å². The molecule has 1 aromatic rings. The number of carbonyl (C=O) groups is 1. The first-order chi connectivity index (χ1) is 9.72. The number of hydrazine groups is 1. The van der Waals surface area contributed by atoms with E-state index in [4.69, 9.17) is 15.0 Å². The molecule has 2 rings (SSSR count). The highest BCUT2D eigenvalue weighted by Crippen LogP contribution is 2.17. The minimum Gasteiger partial charge on any atom is -0.467 e. The van der Waals surface area contributed by atoms with Crippen molar-refractivity contribution < 1.29 is 13.9 Å². The zero-order valence-corrected chi connectivity index (χ0v) is 11.9. The van der Waals surface area contributed by atoms with Gasteiger partial charge in [-0.15, -0.1) is 0 Å². The van der Waals surface area contributed by atoms with E-state index in [1.807, 2.05) is 0 Å². The van der Waals surface area contributed by atoms with Gasteiger partial charge < -0.3 is 9.15 Å². The largest absolute Gasteiger partial charge is 0.467 e. The number of furan rings is 1. The lowest BCUT2D eigenvalue weighted by Crippen LogP contribution is -2.39. The topological polar surface area (TPSA) is 80.7 Å². The summed E-state index contributed by atoms with van der Waals surface area (Å²) in [6.45, 7) is 5.58. The molecule has 3 N–H and O–H groups in total. The molecular formula is C14H23N3O3. The molecule has 0 bridgehead atoms. The van der Waals surface area contributed by atoms with Gasteiger partial charge in [-0.1, -0.05) is 6.92 Å². The van der Waals surface area contributed by atoms with Crippen LogP contribution in [0.1, 0.15) is 42.3 Å². The molecule has 1 aliphatic rings. The van der Waals surface area contributed by atoms with Crippen molar-refractivity contribution in [3.63, 3.8) is 0 Å². The van der Waals surface area contributed by atoms with Gasteiger partial charge in [-0.05, 0) is 31.9 Å². The molecule has 1 amide bonds. The summed E-state index contributed by atoms with van der Waals surface area (Å²) >= 11 is 0. The van der Waals surface area contributed by atoms with Gasteiger partial charge >= 0.3 is 0 Å². The first kappa shape index (κ1) is 15.0. The molecule has 1 aliphatic heterocycles. The monoisotopic (exact) mass is 281 g/mol. The van der Waals surface area contributed by atoms with Crippen molar-refractivity contribution in [3.8, 4) is 0 Å². The summed E-state index contributed by atoms with van der Waals surface area (Å²) < 4.78 is 11.2. The normalized spacial score (nSPS) is 20.0. The molecule has 1 atom stereocenters. The number of hydrogen-bond acceptors (Lipinski definition) is 5. The van der Waals surface area contributed by atoms with Crippen LogP contribution in [0.3, 0.4) is 0 Å². The van der Waals surface area contributed by atoms with Gasteiger partial charge in [-0.25, -0.2) is 5.84 Å². The average Bonchev–Trinajstić information content (AvgIpc) is 2.93. The van der Waals surface area contributed by atoms with E-state index in [0.29, 0.717) is 18.2 Å². The van der Waals surface area contributed by atoms with Crippen LogP contribution in [0.5, 0.6) is 0 Å². The number of nitrogen functional groups attached to an aromatic ring is 1. The molecule has 6 heteroatoms. The molecule has 0 aliphatic carbocycles. The number of nitrogens with two attached hydrogens (primary N) is 1. The van der Waals surface area contributed by atoms with Crippen LogP contribution in [0.25, 0.3) is 0 Å². The smallest absolute Gasteiger partial charge is 0.268 e. The van der Waals surface area contributed by atoms with E-state index in [9.17, 15) is 4.79 Å². The maximum Gasteiger partial charge on any atom is 0.268 e. The van der Waals surface area contributed by atoms with Crippen LogP contribution in [-0.4, -0.2) is 36.6 Å². The van der Waals surface area contributed by atoms with E-state index in [1.54, 1.807) is 6.07 Å². The maximum absolute atomic E-state index is 11.4.